The van der Waals surface area contributed by atoms with E-state index in [1.807, 2.05) is 12.1 Å². The third-order valence-electron chi connectivity index (χ3n) is 4.35. The first-order valence-electron chi connectivity index (χ1n) is 7.35. The fraction of sp³-hybridized carbons (Fsp3) is 0.333. The van der Waals surface area contributed by atoms with Crippen molar-refractivity contribution in [3.05, 3.63) is 65.7 Å². The molecule has 2 unspecified atom stereocenters. The van der Waals surface area contributed by atoms with Crippen LogP contribution in [0.3, 0.4) is 0 Å². The minimum absolute atomic E-state index is 0.335. The molecular weight excluding hydrogens is 246 g/mol. The molecule has 104 valence electrons. The molecule has 0 aromatic heterocycles. The quantitative estimate of drug-likeness (QED) is 0.896. The molecule has 2 aromatic carbocycles. The highest BCUT2D eigenvalue weighted by Crippen LogP contribution is 2.38. The first-order valence-corrected chi connectivity index (χ1v) is 7.35. The monoisotopic (exact) mass is 267 g/mol. The van der Waals surface area contributed by atoms with E-state index >= 15 is 0 Å². The van der Waals surface area contributed by atoms with Gasteiger partial charge in [0.1, 0.15) is 5.75 Å². The summed E-state index contributed by atoms with van der Waals surface area (Å²) in [5, 5.41) is 9.42. The lowest BCUT2D eigenvalue weighted by atomic mass is 10.0. The van der Waals surface area contributed by atoms with E-state index in [9.17, 15) is 5.11 Å². The fourth-order valence-corrected chi connectivity index (χ4v) is 3.23. The molecule has 0 aliphatic carbocycles. The summed E-state index contributed by atoms with van der Waals surface area (Å²) in [7, 11) is 0. The molecule has 1 N–H and O–H groups in total. The molecule has 20 heavy (non-hydrogen) atoms. The van der Waals surface area contributed by atoms with Gasteiger partial charge in [-0.25, -0.2) is 0 Å². The van der Waals surface area contributed by atoms with Gasteiger partial charge >= 0.3 is 0 Å². The second-order valence-corrected chi connectivity index (χ2v) is 5.57. The zero-order valence-electron chi connectivity index (χ0n) is 11.9. The third kappa shape index (κ3) is 2.56. The van der Waals surface area contributed by atoms with Gasteiger partial charge in [0.2, 0.25) is 0 Å². The van der Waals surface area contributed by atoms with Gasteiger partial charge in [0, 0.05) is 12.1 Å². The van der Waals surface area contributed by atoms with E-state index in [1.165, 1.54) is 24.0 Å². The molecule has 0 saturated carbocycles. The van der Waals surface area contributed by atoms with Crippen LogP contribution in [0.25, 0.3) is 0 Å². The molecule has 1 saturated heterocycles. The maximum absolute atomic E-state index is 9.42. The van der Waals surface area contributed by atoms with Crippen molar-refractivity contribution in [3.8, 4) is 5.75 Å². The second-order valence-electron chi connectivity index (χ2n) is 5.57. The van der Waals surface area contributed by atoms with E-state index in [0.29, 0.717) is 17.8 Å². The lowest BCUT2D eigenvalue weighted by molar-refractivity contribution is 0.194. The first-order chi connectivity index (χ1) is 9.75. The van der Waals surface area contributed by atoms with E-state index in [2.05, 4.69) is 42.2 Å². The van der Waals surface area contributed by atoms with E-state index in [0.717, 1.165) is 6.54 Å². The number of nitrogens with zero attached hydrogens (tertiary/aromatic N) is 1. The maximum atomic E-state index is 9.42. The Kier molecular flexibility index (Phi) is 3.75. The fourth-order valence-electron chi connectivity index (χ4n) is 3.23. The Hall–Kier alpha value is -1.80. The molecule has 0 radical (unpaired) electrons. The minimum atomic E-state index is 0.335. The zero-order chi connectivity index (χ0) is 13.9. The van der Waals surface area contributed by atoms with Crippen LogP contribution in [0, 0.1) is 0 Å². The molecule has 3 rings (SSSR count). The van der Waals surface area contributed by atoms with Crippen LogP contribution >= 0.6 is 0 Å². The molecule has 1 aliphatic rings. The molecular formula is C18H21NO. The molecule has 2 aromatic rings. The molecule has 1 fully saturated rings. The van der Waals surface area contributed by atoms with Crippen molar-refractivity contribution in [1.29, 1.82) is 0 Å². The SMILES string of the molecule is CC(c1ccc(O)cc1)N1CCCC1c1ccccc1. The van der Waals surface area contributed by atoms with Gasteiger partial charge in [0.25, 0.3) is 0 Å². The van der Waals surface area contributed by atoms with Gasteiger partial charge in [-0.3, -0.25) is 4.90 Å². The van der Waals surface area contributed by atoms with E-state index < -0.39 is 0 Å². The Morgan fingerprint density at radius 3 is 2.45 bits per heavy atom. The van der Waals surface area contributed by atoms with Gasteiger partial charge in [0.15, 0.2) is 0 Å². The lowest BCUT2D eigenvalue weighted by Gasteiger charge is -2.31. The normalized spacial score (nSPS) is 20.9. The minimum Gasteiger partial charge on any atom is -0.508 e. The van der Waals surface area contributed by atoms with Crippen molar-refractivity contribution in [2.45, 2.75) is 31.8 Å². The highest BCUT2D eigenvalue weighted by Gasteiger charge is 2.30. The van der Waals surface area contributed by atoms with Gasteiger partial charge in [0.05, 0.1) is 0 Å². The third-order valence-corrected chi connectivity index (χ3v) is 4.35. The largest absolute Gasteiger partial charge is 0.508 e. The lowest BCUT2D eigenvalue weighted by Crippen LogP contribution is -2.26. The van der Waals surface area contributed by atoms with Crippen LogP contribution in [0.2, 0.25) is 0 Å². The second kappa shape index (κ2) is 5.68. The molecule has 1 aliphatic heterocycles. The number of aromatic hydroxyl groups is 1. The molecule has 0 amide bonds. The van der Waals surface area contributed by atoms with Crippen LogP contribution in [0.5, 0.6) is 5.75 Å². The highest BCUT2D eigenvalue weighted by atomic mass is 16.3. The Morgan fingerprint density at radius 2 is 1.75 bits per heavy atom. The van der Waals surface area contributed by atoms with Gasteiger partial charge in [-0.1, -0.05) is 42.5 Å². The van der Waals surface area contributed by atoms with Gasteiger partial charge in [-0.15, -0.1) is 0 Å². The van der Waals surface area contributed by atoms with Crippen LogP contribution < -0.4 is 0 Å². The van der Waals surface area contributed by atoms with Crippen LogP contribution in [-0.2, 0) is 0 Å². The standard InChI is InChI=1S/C18H21NO/c1-14(15-9-11-17(20)12-10-15)19-13-5-8-18(19)16-6-3-2-4-7-16/h2-4,6-7,9-12,14,18,20H,5,8,13H2,1H3. The number of likely N-dealkylation sites (tertiary alicyclic amines) is 1. The highest BCUT2D eigenvalue weighted by molar-refractivity contribution is 5.29. The molecule has 0 spiro atoms. The van der Waals surface area contributed by atoms with Crippen LogP contribution in [0.4, 0.5) is 0 Å². The smallest absolute Gasteiger partial charge is 0.115 e. The van der Waals surface area contributed by atoms with Gasteiger partial charge in [-0.05, 0) is 49.6 Å². The summed E-state index contributed by atoms with van der Waals surface area (Å²) in [6, 6.07) is 19.3. The zero-order valence-corrected chi connectivity index (χ0v) is 11.9. The number of benzene rings is 2. The molecule has 2 nitrogen and oxygen atoms in total. The summed E-state index contributed by atoms with van der Waals surface area (Å²) in [5.41, 5.74) is 2.68. The summed E-state index contributed by atoms with van der Waals surface area (Å²) in [6.07, 6.45) is 2.48. The summed E-state index contributed by atoms with van der Waals surface area (Å²) >= 11 is 0. The summed E-state index contributed by atoms with van der Waals surface area (Å²) in [5.74, 6) is 0.335. The van der Waals surface area contributed by atoms with Crippen LogP contribution in [0.15, 0.2) is 54.6 Å². The van der Waals surface area contributed by atoms with Crippen molar-refractivity contribution < 1.29 is 5.11 Å². The number of hydrogen-bond acceptors (Lipinski definition) is 2. The maximum Gasteiger partial charge on any atom is 0.115 e. The van der Waals surface area contributed by atoms with E-state index in [-0.39, 0.29) is 0 Å². The Balaban J connectivity index is 1.83. The summed E-state index contributed by atoms with van der Waals surface area (Å²) in [4.78, 5) is 2.57. The molecule has 2 atom stereocenters. The van der Waals surface area contributed by atoms with Crippen molar-refractivity contribution >= 4 is 0 Å². The predicted octanol–water partition coefficient (Wildman–Crippen LogP) is 4.29. The predicted molar refractivity (Wildman–Crippen MR) is 81.6 cm³/mol. The number of phenols is 1. The summed E-state index contributed by atoms with van der Waals surface area (Å²) in [6.45, 7) is 3.40. The Labute approximate surface area is 120 Å². The number of phenolic OH excluding ortho intramolecular Hbond substituents is 1. The molecule has 2 heteroatoms. The first kappa shape index (κ1) is 13.2. The van der Waals surface area contributed by atoms with E-state index in [1.54, 1.807) is 12.1 Å². The van der Waals surface area contributed by atoms with E-state index in [4.69, 9.17) is 0 Å². The average Bonchev–Trinajstić information content (AvgIpc) is 2.97. The average molecular weight is 267 g/mol. The summed E-state index contributed by atoms with van der Waals surface area (Å²) < 4.78 is 0. The Bertz CT molecular complexity index is 549. The Morgan fingerprint density at radius 1 is 1.05 bits per heavy atom. The topological polar surface area (TPSA) is 23.5 Å². The number of rotatable bonds is 3. The molecule has 0 bridgehead atoms. The number of hydrogen-bond donors (Lipinski definition) is 1. The van der Waals surface area contributed by atoms with Crippen LogP contribution in [-0.4, -0.2) is 16.6 Å². The molecule has 1 heterocycles. The van der Waals surface area contributed by atoms with Crippen molar-refractivity contribution in [1.82, 2.24) is 4.90 Å². The van der Waals surface area contributed by atoms with Crippen molar-refractivity contribution in [2.24, 2.45) is 0 Å². The van der Waals surface area contributed by atoms with Crippen LogP contribution in [0.1, 0.15) is 43.0 Å². The van der Waals surface area contributed by atoms with Gasteiger partial charge < -0.3 is 5.11 Å². The van der Waals surface area contributed by atoms with Crippen molar-refractivity contribution in [3.63, 3.8) is 0 Å². The van der Waals surface area contributed by atoms with Gasteiger partial charge in [-0.2, -0.15) is 0 Å². The van der Waals surface area contributed by atoms with Crippen molar-refractivity contribution in [2.75, 3.05) is 6.54 Å².